The molecule has 20 heavy (non-hydrogen) atoms. The number of esters is 1. The summed E-state index contributed by atoms with van der Waals surface area (Å²) >= 11 is 0. The Bertz CT molecular complexity index is 538. The van der Waals surface area contributed by atoms with Gasteiger partial charge in [0.1, 0.15) is 12.1 Å². The van der Waals surface area contributed by atoms with Gasteiger partial charge in [0.05, 0.1) is 12.8 Å². The van der Waals surface area contributed by atoms with Gasteiger partial charge >= 0.3 is 5.97 Å². The second-order valence-corrected chi connectivity index (χ2v) is 7.72. The van der Waals surface area contributed by atoms with E-state index in [9.17, 15) is 18.0 Å². The van der Waals surface area contributed by atoms with E-state index in [1.165, 1.54) is 10.6 Å². The maximum Gasteiger partial charge on any atom is 0.329 e. The molecule has 7 nitrogen and oxygen atoms in total. The number of ether oxygens (including phenoxy) is 1. The fourth-order valence-corrected chi connectivity index (χ4v) is 4.14. The van der Waals surface area contributed by atoms with Crippen LogP contribution in [0.4, 0.5) is 0 Å². The molecule has 0 saturated carbocycles. The zero-order chi connectivity index (χ0) is 14.5. The van der Waals surface area contributed by atoms with E-state index in [2.05, 4.69) is 0 Å². The molecule has 0 aromatic carbocycles. The maximum atomic E-state index is 12.4. The fraction of sp³-hybridized carbons (Fsp3) is 0.833. The molecule has 3 heterocycles. The summed E-state index contributed by atoms with van der Waals surface area (Å²) in [5, 5.41) is 0. The van der Waals surface area contributed by atoms with Crippen molar-refractivity contribution < 1.29 is 22.7 Å². The van der Waals surface area contributed by atoms with Crippen LogP contribution in [-0.2, 0) is 24.3 Å². The number of fused-ring (bicyclic) bond motifs is 2. The van der Waals surface area contributed by atoms with Crippen molar-refractivity contribution in [2.24, 2.45) is 5.92 Å². The largest absolute Gasteiger partial charge is 0.459 e. The van der Waals surface area contributed by atoms with E-state index in [1.54, 1.807) is 4.90 Å². The summed E-state index contributed by atoms with van der Waals surface area (Å²) in [4.78, 5) is 25.6. The molecule has 0 aromatic rings. The number of carbonyl (C=O) groups excluding carboxylic acids is 2. The molecule has 0 N–H and O–H groups in total. The molecule has 2 atom stereocenters. The van der Waals surface area contributed by atoms with E-state index in [0.29, 0.717) is 38.9 Å². The first-order valence-corrected chi connectivity index (χ1v) is 8.67. The molecular weight excluding hydrogens is 284 g/mol. The summed E-state index contributed by atoms with van der Waals surface area (Å²) in [6, 6.07) is -0.416. The van der Waals surface area contributed by atoms with Gasteiger partial charge < -0.3 is 9.64 Å². The van der Waals surface area contributed by atoms with Crippen LogP contribution >= 0.6 is 0 Å². The van der Waals surface area contributed by atoms with Crippen LogP contribution in [0.2, 0.25) is 0 Å². The molecule has 2 bridgehead atoms. The third-order valence-electron chi connectivity index (χ3n) is 4.37. The Balaban J connectivity index is 1.62. The van der Waals surface area contributed by atoms with Crippen molar-refractivity contribution in [1.29, 1.82) is 0 Å². The summed E-state index contributed by atoms with van der Waals surface area (Å²) in [6.45, 7) is 1.24. The van der Waals surface area contributed by atoms with Crippen LogP contribution < -0.4 is 0 Å². The molecule has 0 aliphatic carbocycles. The zero-order valence-corrected chi connectivity index (χ0v) is 12.1. The Morgan fingerprint density at radius 3 is 2.45 bits per heavy atom. The van der Waals surface area contributed by atoms with Crippen LogP contribution in [0, 0.1) is 5.92 Å². The molecule has 8 heteroatoms. The van der Waals surface area contributed by atoms with E-state index >= 15 is 0 Å². The lowest BCUT2D eigenvalue weighted by molar-refractivity contribution is -0.159. The third kappa shape index (κ3) is 2.31. The van der Waals surface area contributed by atoms with Crippen LogP contribution in [0.3, 0.4) is 0 Å². The summed E-state index contributed by atoms with van der Waals surface area (Å²) in [5.41, 5.74) is 0. The van der Waals surface area contributed by atoms with Crippen molar-refractivity contribution in [2.45, 2.75) is 31.4 Å². The van der Waals surface area contributed by atoms with E-state index in [-0.39, 0.29) is 23.9 Å². The molecule has 3 aliphatic heterocycles. The molecule has 0 spiro atoms. The SMILES string of the molecule is CS(=O)(=O)N1CCC(C(=O)N2CC3CC2C(=O)O3)CC1. The topological polar surface area (TPSA) is 84.0 Å². The normalized spacial score (nSPS) is 31.6. The summed E-state index contributed by atoms with van der Waals surface area (Å²) < 4.78 is 29.3. The number of hydrogen-bond acceptors (Lipinski definition) is 5. The van der Waals surface area contributed by atoms with Crippen molar-refractivity contribution in [2.75, 3.05) is 25.9 Å². The average molecular weight is 302 g/mol. The van der Waals surface area contributed by atoms with Gasteiger partial charge in [0, 0.05) is 25.4 Å². The monoisotopic (exact) mass is 302 g/mol. The fourth-order valence-electron chi connectivity index (χ4n) is 3.26. The molecular formula is C12H18N2O5S. The Hall–Kier alpha value is -1.15. The van der Waals surface area contributed by atoms with Gasteiger partial charge in [-0.05, 0) is 12.8 Å². The Morgan fingerprint density at radius 1 is 1.30 bits per heavy atom. The molecule has 3 fully saturated rings. The van der Waals surface area contributed by atoms with Gasteiger partial charge in [0.2, 0.25) is 15.9 Å². The van der Waals surface area contributed by atoms with Crippen molar-refractivity contribution in [3.63, 3.8) is 0 Å². The number of amides is 1. The van der Waals surface area contributed by atoms with Gasteiger partial charge in [0.15, 0.2) is 0 Å². The second-order valence-electron chi connectivity index (χ2n) is 5.74. The number of rotatable bonds is 2. The van der Waals surface area contributed by atoms with Crippen LogP contribution in [-0.4, -0.2) is 67.5 Å². The lowest BCUT2D eigenvalue weighted by atomic mass is 9.96. The molecule has 3 aliphatic rings. The van der Waals surface area contributed by atoms with E-state index in [4.69, 9.17) is 4.74 Å². The highest BCUT2D eigenvalue weighted by Gasteiger charge is 2.49. The molecule has 3 rings (SSSR count). The first-order valence-electron chi connectivity index (χ1n) is 6.82. The quantitative estimate of drug-likeness (QED) is 0.623. The Labute approximate surface area is 117 Å². The number of carbonyl (C=O) groups is 2. The number of morpholine rings is 1. The lowest BCUT2D eigenvalue weighted by Crippen LogP contribution is -2.49. The number of hydrogen-bond donors (Lipinski definition) is 0. The van der Waals surface area contributed by atoms with E-state index in [0.717, 1.165) is 0 Å². The third-order valence-corrected chi connectivity index (χ3v) is 5.68. The van der Waals surface area contributed by atoms with Crippen LogP contribution in [0.1, 0.15) is 19.3 Å². The Kier molecular flexibility index (Phi) is 3.24. The van der Waals surface area contributed by atoms with Crippen molar-refractivity contribution in [3.05, 3.63) is 0 Å². The maximum absolute atomic E-state index is 12.4. The number of sulfonamides is 1. The predicted molar refractivity (Wildman–Crippen MR) is 69.1 cm³/mol. The van der Waals surface area contributed by atoms with Gasteiger partial charge in [-0.2, -0.15) is 0 Å². The smallest absolute Gasteiger partial charge is 0.329 e. The minimum absolute atomic E-state index is 0.0256. The molecule has 1 amide bonds. The first-order chi connectivity index (χ1) is 9.36. The van der Waals surface area contributed by atoms with E-state index in [1.807, 2.05) is 0 Å². The predicted octanol–water partition coefficient (Wildman–Crippen LogP) is -0.816. The van der Waals surface area contributed by atoms with Gasteiger partial charge in [-0.15, -0.1) is 0 Å². The minimum Gasteiger partial charge on any atom is -0.459 e. The standard InChI is InChI=1S/C12H18N2O5S/c1-20(17,18)13-4-2-8(3-5-13)11(15)14-7-9-6-10(14)12(16)19-9/h8-10H,2-7H2,1H3. The first kappa shape index (κ1) is 13.8. The zero-order valence-electron chi connectivity index (χ0n) is 11.3. The lowest BCUT2D eigenvalue weighted by Gasteiger charge is -2.34. The highest BCUT2D eigenvalue weighted by molar-refractivity contribution is 7.88. The van der Waals surface area contributed by atoms with Gasteiger partial charge in [-0.25, -0.2) is 17.5 Å². The molecule has 0 radical (unpaired) electrons. The minimum atomic E-state index is -3.18. The number of likely N-dealkylation sites (tertiary alicyclic amines) is 1. The highest BCUT2D eigenvalue weighted by Crippen LogP contribution is 2.32. The van der Waals surface area contributed by atoms with Crippen molar-refractivity contribution in [3.8, 4) is 0 Å². The Morgan fingerprint density at radius 2 is 1.95 bits per heavy atom. The van der Waals surface area contributed by atoms with Crippen molar-refractivity contribution >= 4 is 21.9 Å². The van der Waals surface area contributed by atoms with E-state index < -0.39 is 16.1 Å². The molecule has 112 valence electrons. The van der Waals surface area contributed by atoms with Crippen LogP contribution in [0.5, 0.6) is 0 Å². The van der Waals surface area contributed by atoms with Gasteiger partial charge in [-0.3, -0.25) is 4.79 Å². The summed E-state index contributed by atoms with van der Waals surface area (Å²) in [7, 11) is -3.18. The summed E-state index contributed by atoms with van der Waals surface area (Å²) in [5.74, 6) is -0.509. The van der Waals surface area contributed by atoms with Gasteiger partial charge in [0.25, 0.3) is 0 Å². The van der Waals surface area contributed by atoms with Gasteiger partial charge in [-0.1, -0.05) is 0 Å². The van der Waals surface area contributed by atoms with Crippen LogP contribution in [0.25, 0.3) is 0 Å². The van der Waals surface area contributed by atoms with Crippen molar-refractivity contribution in [1.82, 2.24) is 9.21 Å². The number of nitrogens with zero attached hydrogens (tertiary/aromatic N) is 2. The number of piperidine rings is 1. The summed E-state index contributed by atoms with van der Waals surface area (Å²) in [6.07, 6.45) is 2.69. The molecule has 3 saturated heterocycles. The second kappa shape index (κ2) is 4.70. The average Bonchev–Trinajstić information content (AvgIpc) is 2.96. The molecule has 0 aromatic heterocycles. The van der Waals surface area contributed by atoms with Crippen LogP contribution in [0.15, 0.2) is 0 Å². The molecule has 2 unspecified atom stereocenters. The highest BCUT2D eigenvalue weighted by atomic mass is 32.2.